The summed E-state index contributed by atoms with van der Waals surface area (Å²) in [5.74, 6) is -0.997. The number of rotatable bonds is 5. The summed E-state index contributed by atoms with van der Waals surface area (Å²) in [6, 6.07) is 8.22. The van der Waals surface area contributed by atoms with Crippen molar-refractivity contribution >= 4 is 17.6 Å². The zero-order valence-corrected chi connectivity index (χ0v) is 11.9. The Bertz CT molecular complexity index is 673. The maximum absolute atomic E-state index is 13.3. The summed E-state index contributed by atoms with van der Waals surface area (Å²) in [7, 11) is 1.46. The molecule has 0 aromatic heterocycles. The zero-order chi connectivity index (χ0) is 15.4. The van der Waals surface area contributed by atoms with E-state index in [-0.39, 0.29) is 17.9 Å². The Morgan fingerprint density at radius 1 is 1.24 bits per heavy atom. The summed E-state index contributed by atoms with van der Waals surface area (Å²) in [6.45, 7) is -0.0401. The Morgan fingerprint density at radius 2 is 2.00 bits per heavy atom. The second kappa shape index (κ2) is 6.45. The van der Waals surface area contributed by atoms with Crippen LogP contribution >= 0.6 is 11.6 Å². The average Bonchev–Trinajstić information content (AvgIpc) is 2.45. The first-order valence-corrected chi connectivity index (χ1v) is 6.37. The van der Waals surface area contributed by atoms with E-state index in [0.29, 0.717) is 16.3 Å². The predicted molar refractivity (Wildman–Crippen MR) is 75.7 cm³/mol. The van der Waals surface area contributed by atoms with Gasteiger partial charge in [0.15, 0.2) is 0 Å². The van der Waals surface area contributed by atoms with Crippen LogP contribution in [0.15, 0.2) is 36.4 Å². The predicted octanol–water partition coefficient (Wildman–Crippen LogP) is 3.76. The van der Waals surface area contributed by atoms with Crippen molar-refractivity contribution < 1.29 is 23.8 Å². The Morgan fingerprint density at radius 3 is 2.67 bits per heavy atom. The number of carboxylic acids is 1. The molecular weight excluding hydrogens is 299 g/mol. The van der Waals surface area contributed by atoms with Gasteiger partial charge in [-0.05, 0) is 36.4 Å². The minimum atomic E-state index is -1.13. The second-order valence-electron chi connectivity index (χ2n) is 4.19. The van der Waals surface area contributed by atoms with Gasteiger partial charge in [0.2, 0.25) is 0 Å². The Kier molecular flexibility index (Phi) is 4.65. The van der Waals surface area contributed by atoms with Crippen molar-refractivity contribution in [3.05, 3.63) is 58.4 Å². The highest BCUT2D eigenvalue weighted by molar-refractivity contribution is 6.30. The van der Waals surface area contributed by atoms with E-state index in [2.05, 4.69) is 0 Å². The van der Waals surface area contributed by atoms with Gasteiger partial charge in [-0.2, -0.15) is 0 Å². The molecule has 0 radical (unpaired) electrons. The highest BCUT2D eigenvalue weighted by Gasteiger charge is 2.13. The minimum Gasteiger partial charge on any atom is -0.496 e. The highest BCUT2D eigenvalue weighted by Crippen LogP contribution is 2.26. The maximum Gasteiger partial charge on any atom is 0.339 e. The molecule has 0 spiro atoms. The smallest absolute Gasteiger partial charge is 0.339 e. The molecule has 0 bridgehead atoms. The summed E-state index contributed by atoms with van der Waals surface area (Å²) in [4.78, 5) is 11.1. The number of ether oxygens (including phenoxy) is 2. The number of methoxy groups -OCH3 is 1. The maximum atomic E-state index is 13.3. The Hall–Kier alpha value is -2.27. The summed E-state index contributed by atoms with van der Waals surface area (Å²) < 4.78 is 23.8. The molecule has 21 heavy (non-hydrogen) atoms. The third-order valence-electron chi connectivity index (χ3n) is 2.80. The first kappa shape index (κ1) is 15.1. The summed E-state index contributed by atoms with van der Waals surface area (Å²) in [6.07, 6.45) is 0. The second-order valence-corrected chi connectivity index (χ2v) is 4.63. The van der Waals surface area contributed by atoms with E-state index < -0.39 is 11.8 Å². The Labute approximate surface area is 125 Å². The molecule has 0 amide bonds. The SMILES string of the molecule is COc1ccc(F)cc1COc1cc(Cl)ccc1C(=O)O. The van der Waals surface area contributed by atoms with Crippen molar-refractivity contribution in [2.24, 2.45) is 0 Å². The molecule has 0 aliphatic rings. The fourth-order valence-electron chi connectivity index (χ4n) is 1.81. The molecule has 1 N–H and O–H groups in total. The third-order valence-corrected chi connectivity index (χ3v) is 3.03. The van der Waals surface area contributed by atoms with Crippen LogP contribution in [0.1, 0.15) is 15.9 Å². The van der Waals surface area contributed by atoms with Crippen LogP contribution in [0.4, 0.5) is 4.39 Å². The fraction of sp³-hybridized carbons (Fsp3) is 0.133. The number of halogens is 2. The summed E-state index contributed by atoms with van der Waals surface area (Å²) in [5, 5.41) is 9.44. The van der Waals surface area contributed by atoms with Crippen molar-refractivity contribution in [2.45, 2.75) is 6.61 Å². The van der Waals surface area contributed by atoms with Crippen molar-refractivity contribution in [1.82, 2.24) is 0 Å². The molecule has 6 heteroatoms. The van der Waals surface area contributed by atoms with Gasteiger partial charge in [0.05, 0.1) is 7.11 Å². The highest BCUT2D eigenvalue weighted by atomic mass is 35.5. The van der Waals surface area contributed by atoms with Gasteiger partial charge >= 0.3 is 5.97 Å². The molecule has 0 aliphatic heterocycles. The zero-order valence-electron chi connectivity index (χ0n) is 11.1. The van der Waals surface area contributed by atoms with E-state index >= 15 is 0 Å². The van der Waals surface area contributed by atoms with Crippen LogP contribution < -0.4 is 9.47 Å². The molecule has 2 aromatic carbocycles. The van der Waals surface area contributed by atoms with Crippen LogP contribution in [0.5, 0.6) is 11.5 Å². The minimum absolute atomic E-state index is 0.0187. The molecule has 0 atom stereocenters. The normalized spacial score (nSPS) is 10.2. The standard InChI is InChI=1S/C15H12ClFO4/c1-20-13-5-3-11(17)6-9(13)8-21-14-7-10(16)2-4-12(14)15(18)19/h2-7H,8H2,1H3,(H,18,19). The van der Waals surface area contributed by atoms with Crippen molar-refractivity contribution in [3.63, 3.8) is 0 Å². The first-order chi connectivity index (χ1) is 10.0. The van der Waals surface area contributed by atoms with Gasteiger partial charge in [0.25, 0.3) is 0 Å². The van der Waals surface area contributed by atoms with Gasteiger partial charge in [0.1, 0.15) is 29.5 Å². The van der Waals surface area contributed by atoms with Gasteiger partial charge < -0.3 is 14.6 Å². The van der Waals surface area contributed by atoms with Crippen LogP contribution in [-0.4, -0.2) is 18.2 Å². The van der Waals surface area contributed by atoms with Crippen molar-refractivity contribution in [2.75, 3.05) is 7.11 Å². The molecule has 110 valence electrons. The molecular formula is C15H12ClFO4. The van der Waals surface area contributed by atoms with Gasteiger partial charge in [-0.25, -0.2) is 9.18 Å². The van der Waals surface area contributed by atoms with Crippen LogP contribution in [0, 0.1) is 5.82 Å². The van der Waals surface area contributed by atoms with Gasteiger partial charge in [-0.3, -0.25) is 0 Å². The molecule has 0 saturated carbocycles. The van der Waals surface area contributed by atoms with E-state index in [9.17, 15) is 9.18 Å². The van der Waals surface area contributed by atoms with E-state index in [1.807, 2.05) is 0 Å². The van der Waals surface area contributed by atoms with E-state index in [1.165, 1.54) is 43.5 Å². The average molecular weight is 311 g/mol. The molecule has 0 aliphatic carbocycles. The van der Waals surface area contributed by atoms with Gasteiger partial charge in [-0.15, -0.1) is 0 Å². The van der Waals surface area contributed by atoms with Crippen LogP contribution in [0.3, 0.4) is 0 Å². The number of hydrogen-bond acceptors (Lipinski definition) is 3. The van der Waals surface area contributed by atoms with Gasteiger partial charge in [0, 0.05) is 10.6 Å². The van der Waals surface area contributed by atoms with Crippen molar-refractivity contribution in [3.8, 4) is 11.5 Å². The van der Waals surface area contributed by atoms with Crippen LogP contribution in [0.2, 0.25) is 5.02 Å². The molecule has 4 nitrogen and oxygen atoms in total. The number of hydrogen-bond donors (Lipinski definition) is 1. The topological polar surface area (TPSA) is 55.8 Å². The largest absolute Gasteiger partial charge is 0.496 e. The number of benzene rings is 2. The molecule has 0 fully saturated rings. The fourth-order valence-corrected chi connectivity index (χ4v) is 1.97. The quantitative estimate of drug-likeness (QED) is 0.913. The van der Waals surface area contributed by atoms with E-state index in [0.717, 1.165) is 0 Å². The van der Waals surface area contributed by atoms with Crippen LogP contribution in [0.25, 0.3) is 0 Å². The number of carboxylic acid groups (broad SMARTS) is 1. The van der Waals surface area contributed by atoms with Gasteiger partial charge in [-0.1, -0.05) is 11.6 Å². The molecule has 2 aromatic rings. The molecule has 0 saturated heterocycles. The lowest BCUT2D eigenvalue weighted by Gasteiger charge is -2.12. The molecule has 0 unspecified atom stereocenters. The monoisotopic (exact) mass is 310 g/mol. The van der Waals surface area contributed by atoms with Crippen LogP contribution in [-0.2, 0) is 6.61 Å². The lowest BCUT2D eigenvalue weighted by atomic mass is 10.2. The molecule has 0 heterocycles. The van der Waals surface area contributed by atoms with E-state index in [1.54, 1.807) is 0 Å². The van der Waals surface area contributed by atoms with Crippen molar-refractivity contribution in [1.29, 1.82) is 0 Å². The summed E-state index contributed by atoms with van der Waals surface area (Å²) >= 11 is 5.83. The lowest BCUT2D eigenvalue weighted by molar-refractivity contribution is 0.0691. The lowest BCUT2D eigenvalue weighted by Crippen LogP contribution is -2.04. The number of aromatic carboxylic acids is 1. The number of carbonyl (C=O) groups is 1. The van der Waals surface area contributed by atoms with E-state index in [4.69, 9.17) is 26.2 Å². The Balaban J connectivity index is 2.26. The molecule has 2 rings (SSSR count). The summed E-state index contributed by atoms with van der Waals surface area (Å²) in [5.41, 5.74) is 0.448. The first-order valence-electron chi connectivity index (χ1n) is 5.99. The third kappa shape index (κ3) is 3.64.